The van der Waals surface area contributed by atoms with Crippen LogP contribution in [-0.2, 0) is 9.53 Å². The van der Waals surface area contributed by atoms with Crippen LogP contribution in [0.1, 0.15) is 103 Å². The number of nitrogens with zero attached hydrogens (tertiary/aromatic N) is 2. The lowest BCUT2D eigenvalue weighted by Gasteiger charge is -2.47. The zero-order valence-electron chi connectivity index (χ0n) is 17.3. The van der Waals surface area contributed by atoms with Gasteiger partial charge in [0, 0.05) is 7.05 Å². The summed E-state index contributed by atoms with van der Waals surface area (Å²) in [5.74, 6) is -0.338. The van der Waals surface area contributed by atoms with Gasteiger partial charge in [-0.05, 0) is 62.4 Å². The second kappa shape index (κ2) is 10.8. The maximum Gasteiger partial charge on any atom is 0.351 e. The molecular formula is C22H39N2O2P. The van der Waals surface area contributed by atoms with Gasteiger partial charge < -0.3 is 4.74 Å². The van der Waals surface area contributed by atoms with Crippen LogP contribution in [0.4, 0.5) is 0 Å². The Morgan fingerprint density at radius 2 is 1.22 bits per heavy atom. The van der Waals surface area contributed by atoms with E-state index in [1.165, 1.54) is 103 Å². The van der Waals surface area contributed by atoms with Gasteiger partial charge in [-0.25, -0.2) is 4.79 Å². The van der Waals surface area contributed by atoms with Gasteiger partial charge in [-0.3, -0.25) is 0 Å². The Labute approximate surface area is 166 Å². The fourth-order valence-corrected chi connectivity index (χ4v) is 12.0. The Hall–Kier alpha value is -0.630. The van der Waals surface area contributed by atoms with E-state index in [0.717, 1.165) is 17.0 Å². The molecule has 3 aliphatic carbocycles. The second-order valence-corrected chi connectivity index (χ2v) is 12.7. The Kier molecular flexibility index (Phi) is 8.43. The van der Waals surface area contributed by atoms with E-state index >= 15 is 0 Å². The van der Waals surface area contributed by atoms with E-state index in [2.05, 4.69) is 5.10 Å². The van der Waals surface area contributed by atoms with E-state index in [9.17, 15) is 4.79 Å². The van der Waals surface area contributed by atoms with Gasteiger partial charge in [-0.15, -0.1) is 0 Å². The molecule has 154 valence electrons. The standard InChI is InChI=1S/C22H39N2O2P/c1-2-26-22(25)18-23-24-27(19-12-6-3-7-13-19,20-14-8-4-9-15-20)21-16-10-5-11-17-21/h18-21H,2-17H2,1H3/b23-18+. The molecule has 4 nitrogen and oxygen atoms in total. The predicted octanol–water partition coefficient (Wildman–Crippen LogP) is 6.73. The van der Waals surface area contributed by atoms with Crippen molar-refractivity contribution in [2.45, 2.75) is 120 Å². The summed E-state index contributed by atoms with van der Waals surface area (Å²) in [6, 6.07) is 0. The fraction of sp³-hybridized carbons (Fsp3) is 0.909. The maximum absolute atomic E-state index is 11.8. The van der Waals surface area contributed by atoms with Gasteiger partial charge in [0.25, 0.3) is 0 Å². The number of ether oxygens (including phenoxy) is 1. The first-order valence-corrected chi connectivity index (χ1v) is 13.5. The highest BCUT2D eigenvalue weighted by molar-refractivity contribution is 7.68. The molecule has 0 aromatic rings. The Morgan fingerprint density at radius 1 is 0.815 bits per heavy atom. The van der Waals surface area contributed by atoms with Crippen LogP contribution in [0.25, 0.3) is 0 Å². The molecule has 0 bridgehead atoms. The molecule has 27 heavy (non-hydrogen) atoms. The molecule has 0 aromatic heterocycles. The van der Waals surface area contributed by atoms with Crippen molar-refractivity contribution in [1.82, 2.24) is 0 Å². The topological polar surface area (TPSA) is 51.0 Å². The first kappa shape index (κ1) is 21.1. The third-order valence-electron chi connectivity index (χ3n) is 7.14. The molecule has 0 heterocycles. The molecule has 3 fully saturated rings. The Morgan fingerprint density at radius 3 is 1.59 bits per heavy atom. The molecule has 0 N–H and O–H groups in total. The van der Waals surface area contributed by atoms with E-state index in [-0.39, 0.29) is 5.97 Å². The van der Waals surface area contributed by atoms with Gasteiger partial charge in [0.15, 0.2) is 0 Å². The number of carbonyl (C=O) groups is 1. The Bertz CT molecular complexity index is 490. The van der Waals surface area contributed by atoms with Crippen LogP contribution in [0.15, 0.2) is 9.96 Å². The van der Waals surface area contributed by atoms with Gasteiger partial charge in [0.2, 0.25) is 0 Å². The highest BCUT2D eigenvalue weighted by Crippen LogP contribution is 2.70. The maximum atomic E-state index is 11.8. The average molecular weight is 395 g/mol. The largest absolute Gasteiger partial charge is 0.462 e. The summed E-state index contributed by atoms with van der Waals surface area (Å²) in [5, 5.41) is 4.46. The van der Waals surface area contributed by atoms with E-state index < -0.39 is 7.05 Å². The van der Waals surface area contributed by atoms with Crippen LogP contribution >= 0.6 is 7.05 Å². The van der Waals surface area contributed by atoms with Gasteiger partial charge in [-0.2, -0.15) is 9.96 Å². The summed E-state index contributed by atoms with van der Waals surface area (Å²) in [6.07, 6.45) is 21.8. The smallest absolute Gasteiger partial charge is 0.351 e. The molecule has 0 saturated heterocycles. The molecule has 0 aromatic carbocycles. The number of rotatable bonds is 6. The first-order valence-electron chi connectivity index (χ1n) is 11.6. The summed E-state index contributed by atoms with van der Waals surface area (Å²) >= 11 is 0. The molecule has 3 aliphatic rings. The lowest BCUT2D eigenvalue weighted by atomic mass is 9.99. The minimum absolute atomic E-state index is 0.338. The fourth-order valence-electron chi connectivity index (χ4n) is 5.94. The van der Waals surface area contributed by atoms with Crippen molar-refractivity contribution < 1.29 is 9.53 Å². The molecule has 3 saturated carbocycles. The van der Waals surface area contributed by atoms with Crippen LogP contribution in [0, 0.1) is 0 Å². The number of hydrogen-bond acceptors (Lipinski definition) is 3. The lowest BCUT2D eigenvalue weighted by Crippen LogP contribution is -2.31. The molecule has 0 aliphatic heterocycles. The van der Waals surface area contributed by atoms with Crippen LogP contribution in [0.3, 0.4) is 0 Å². The van der Waals surface area contributed by atoms with E-state index in [4.69, 9.17) is 9.59 Å². The van der Waals surface area contributed by atoms with E-state index in [1.54, 1.807) is 0 Å². The monoisotopic (exact) mass is 394 g/mol. The molecular weight excluding hydrogens is 355 g/mol. The molecule has 5 heteroatoms. The van der Waals surface area contributed by atoms with Crippen molar-refractivity contribution in [3.63, 3.8) is 0 Å². The number of hydrogen-bond donors (Lipinski definition) is 0. The summed E-state index contributed by atoms with van der Waals surface area (Å²) in [5.41, 5.74) is 2.28. The van der Waals surface area contributed by atoms with Crippen molar-refractivity contribution in [3.05, 3.63) is 0 Å². The third kappa shape index (κ3) is 5.25. The van der Waals surface area contributed by atoms with Crippen molar-refractivity contribution in [1.29, 1.82) is 0 Å². The lowest BCUT2D eigenvalue weighted by molar-refractivity contribution is -0.134. The normalized spacial score (nSPS) is 24.2. The average Bonchev–Trinajstić information content (AvgIpc) is 2.73. The van der Waals surface area contributed by atoms with Crippen LogP contribution < -0.4 is 0 Å². The van der Waals surface area contributed by atoms with Crippen LogP contribution in [0.5, 0.6) is 0 Å². The molecule has 0 unspecified atom stereocenters. The van der Waals surface area contributed by atoms with Crippen molar-refractivity contribution in [2.75, 3.05) is 6.61 Å². The molecule has 3 rings (SSSR count). The molecule has 0 atom stereocenters. The van der Waals surface area contributed by atoms with Gasteiger partial charge in [-0.1, -0.05) is 57.8 Å². The minimum atomic E-state index is -1.58. The van der Waals surface area contributed by atoms with Crippen molar-refractivity contribution in [2.24, 2.45) is 9.96 Å². The van der Waals surface area contributed by atoms with Crippen molar-refractivity contribution in [3.8, 4) is 0 Å². The predicted molar refractivity (Wildman–Crippen MR) is 115 cm³/mol. The van der Waals surface area contributed by atoms with Crippen molar-refractivity contribution >= 4 is 19.2 Å². The number of esters is 1. The zero-order chi connectivity index (χ0) is 19.0. The second-order valence-electron chi connectivity index (χ2n) is 8.76. The highest BCUT2D eigenvalue weighted by atomic mass is 31.2. The summed E-state index contributed by atoms with van der Waals surface area (Å²) < 4.78 is 5.06. The quantitative estimate of drug-likeness (QED) is 0.217. The van der Waals surface area contributed by atoms with E-state index in [1.807, 2.05) is 6.92 Å². The van der Waals surface area contributed by atoms with Crippen LogP contribution in [0.2, 0.25) is 0 Å². The zero-order valence-corrected chi connectivity index (χ0v) is 18.2. The summed E-state index contributed by atoms with van der Waals surface area (Å²) in [6.45, 7) is 2.24. The minimum Gasteiger partial charge on any atom is -0.462 e. The van der Waals surface area contributed by atoms with E-state index in [0.29, 0.717) is 6.61 Å². The van der Waals surface area contributed by atoms with Crippen LogP contribution in [-0.4, -0.2) is 35.8 Å². The molecule has 0 radical (unpaired) electrons. The Balaban J connectivity index is 1.97. The third-order valence-corrected chi connectivity index (χ3v) is 12.6. The van der Waals surface area contributed by atoms with Gasteiger partial charge in [0.1, 0.15) is 6.21 Å². The number of carbonyl (C=O) groups excluding carboxylic acids is 1. The summed E-state index contributed by atoms with van der Waals surface area (Å²) in [4.78, 5) is 17.1. The SMILES string of the molecule is CCOC(=O)/C=N/N=P(C1CCCCC1)(C1CCCCC1)C1CCCCC1. The molecule has 0 amide bonds. The molecule has 0 spiro atoms. The summed E-state index contributed by atoms with van der Waals surface area (Å²) in [7, 11) is -1.58. The van der Waals surface area contributed by atoms with Gasteiger partial charge >= 0.3 is 5.97 Å². The first-order chi connectivity index (χ1) is 13.3. The highest BCUT2D eigenvalue weighted by Gasteiger charge is 2.44. The van der Waals surface area contributed by atoms with Gasteiger partial charge in [0.05, 0.1) is 6.61 Å².